The molecule has 0 fully saturated rings. The Hall–Kier alpha value is -2.88. The number of aromatic nitrogens is 1. The highest BCUT2D eigenvalue weighted by Gasteiger charge is 2.35. The van der Waals surface area contributed by atoms with Gasteiger partial charge in [0.1, 0.15) is 10.3 Å². The second kappa shape index (κ2) is 8.23. The third-order valence-corrected chi connectivity index (χ3v) is 7.10. The Balaban J connectivity index is 1.91. The first-order valence-corrected chi connectivity index (χ1v) is 11.9. The van der Waals surface area contributed by atoms with Crippen molar-refractivity contribution in [3.05, 3.63) is 66.1 Å². The lowest BCUT2D eigenvalue weighted by molar-refractivity contribution is -0.156. The summed E-state index contributed by atoms with van der Waals surface area (Å²) < 4.78 is 10.4. The number of carbonyl (C=O) groups is 1. The molecular weight excluding hydrogens is 436 g/mol. The Labute approximate surface area is 196 Å². The van der Waals surface area contributed by atoms with E-state index < -0.39 is 10.3 Å². The van der Waals surface area contributed by atoms with Crippen molar-refractivity contribution < 1.29 is 9.53 Å². The van der Waals surface area contributed by atoms with Crippen LogP contribution in [0.1, 0.15) is 34.6 Å². The van der Waals surface area contributed by atoms with E-state index in [1.807, 2.05) is 83.3 Å². The van der Waals surface area contributed by atoms with Crippen molar-refractivity contribution in [1.29, 1.82) is 0 Å². The van der Waals surface area contributed by atoms with Crippen LogP contribution >= 0.6 is 23.3 Å². The number of thioether (sulfide) groups is 1. The van der Waals surface area contributed by atoms with Gasteiger partial charge in [0, 0.05) is 22.0 Å². The zero-order chi connectivity index (χ0) is 23.1. The van der Waals surface area contributed by atoms with Gasteiger partial charge in [-0.1, -0.05) is 42.5 Å². The Kier molecular flexibility index (Phi) is 5.74. The van der Waals surface area contributed by atoms with Crippen LogP contribution in [0.4, 0.5) is 5.69 Å². The van der Waals surface area contributed by atoms with Gasteiger partial charge in [0.05, 0.1) is 11.3 Å². The number of nitrogens with zero attached hydrogens (tertiary/aromatic N) is 2. The van der Waals surface area contributed by atoms with Crippen molar-refractivity contribution in [3.8, 4) is 11.1 Å². The van der Waals surface area contributed by atoms with E-state index in [-0.39, 0.29) is 5.97 Å². The van der Waals surface area contributed by atoms with Gasteiger partial charge in [-0.15, -0.1) is 11.8 Å². The fourth-order valence-electron chi connectivity index (χ4n) is 3.57. The lowest BCUT2D eigenvalue weighted by Gasteiger charge is -2.28. The summed E-state index contributed by atoms with van der Waals surface area (Å²) in [6.07, 6.45) is 1.87. The van der Waals surface area contributed by atoms with E-state index in [1.54, 1.807) is 0 Å². The quantitative estimate of drug-likeness (QED) is 0.176. The van der Waals surface area contributed by atoms with Gasteiger partial charge in [0.15, 0.2) is 5.69 Å². The first kappa shape index (κ1) is 22.3. The summed E-state index contributed by atoms with van der Waals surface area (Å²) in [5, 5.41) is 2.99. The van der Waals surface area contributed by atoms with Crippen LogP contribution in [0.3, 0.4) is 0 Å². The van der Waals surface area contributed by atoms with Crippen LogP contribution in [0, 0.1) is 6.57 Å². The average molecular weight is 461 g/mol. The van der Waals surface area contributed by atoms with Crippen LogP contribution < -0.4 is 0 Å². The Morgan fingerprint density at radius 1 is 1.03 bits per heavy atom. The van der Waals surface area contributed by atoms with Gasteiger partial charge in [-0.3, -0.25) is 4.79 Å². The Morgan fingerprint density at radius 2 is 1.75 bits per heavy atom. The topological polar surface area (TPSA) is 43.5 Å². The number of hydrogen-bond donors (Lipinski definition) is 0. The molecule has 4 nitrogen and oxygen atoms in total. The lowest BCUT2D eigenvalue weighted by atomic mass is 9.96. The number of hydrogen-bond acceptors (Lipinski definition) is 5. The van der Waals surface area contributed by atoms with Gasteiger partial charge in [0.25, 0.3) is 0 Å². The fraction of sp³-hybridized carbons (Fsp3) is 0.269. The smallest absolute Gasteiger partial charge is 0.322 e. The van der Waals surface area contributed by atoms with Gasteiger partial charge in [-0.25, -0.2) is 4.85 Å². The van der Waals surface area contributed by atoms with E-state index in [0.29, 0.717) is 5.69 Å². The van der Waals surface area contributed by atoms with Gasteiger partial charge < -0.3 is 4.74 Å². The van der Waals surface area contributed by atoms with Crippen LogP contribution in [0.5, 0.6) is 0 Å². The highest BCUT2D eigenvalue weighted by atomic mass is 32.2. The maximum atomic E-state index is 13.0. The minimum Gasteiger partial charge on any atom is -0.459 e. The molecule has 0 bridgehead atoms. The molecule has 0 aliphatic heterocycles. The minimum absolute atomic E-state index is 0.251. The molecule has 0 amide bonds. The van der Waals surface area contributed by atoms with Crippen LogP contribution in [-0.4, -0.2) is 20.7 Å². The summed E-state index contributed by atoms with van der Waals surface area (Å²) in [5.74, 6) is -0.251. The summed E-state index contributed by atoms with van der Waals surface area (Å²) in [6.45, 7) is 17.0. The molecule has 0 N–H and O–H groups in total. The van der Waals surface area contributed by atoms with Crippen LogP contribution in [0.15, 0.2) is 59.6 Å². The molecule has 0 atom stereocenters. The molecule has 0 saturated carbocycles. The highest BCUT2D eigenvalue weighted by Crippen LogP contribution is 2.47. The summed E-state index contributed by atoms with van der Waals surface area (Å²) >= 11 is 2.94. The molecule has 4 aromatic rings. The molecule has 0 spiro atoms. The van der Waals surface area contributed by atoms with Gasteiger partial charge in [0.2, 0.25) is 0 Å². The maximum absolute atomic E-state index is 13.0. The molecule has 32 heavy (non-hydrogen) atoms. The van der Waals surface area contributed by atoms with Crippen molar-refractivity contribution in [2.24, 2.45) is 0 Å². The van der Waals surface area contributed by atoms with Gasteiger partial charge in [-0.2, -0.15) is 4.37 Å². The van der Waals surface area contributed by atoms with Crippen molar-refractivity contribution >= 4 is 55.8 Å². The highest BCUT2D eigenvalue weighted by molar-refractivity contribution is 8.01. The largest absolute Gasteiger partial charge is 0.459 e. The molecule has 0 aliphatic rings. The predicted octanol–water partition coefficient (Wildman–Crippen LogP) is 7.88. The number of benzene rings is 3. The number of fused-ring (bicyclic) bond motifs is 2. The van der Waals surface area contributed by atoms with E-state index in [2.05, 4.69) is 15.3 Å². The van der Waals surface area contributed by atoms with Crippen molar-refractivity contribution in [3.63, 3.8) is 0 Å². The lowest BCUT2D eigenvalue weighted by Crippen LogP contribution is -2.36. The molecule has 1 aromatic heterocycles. The summed E-state index contributed by atoms with van der Waals surface area (Å²) in [4.78, 5) is 17.6. The normalized spacial score (nSPS) is 12.1. The monoisotopic (exact) mass is 460 g/mol. The summed E-state index contributed by atoms with van der Waals surface area (Å²) in [7, 11) is 0. The molecule has 4 rings (SSSR count). The molecule has 3 aromatic carbocycles. The van der Waals surface area contributed by atoms with E-state index in [4.69, 9.17) is 11.3 Å². The molecule has 162 valence electrons. The number of rotatable bonds is 4. The molecule has 0 unspecified atom stereocenters. The first-order valence-electron chi connectivity index (χ1n) is 10.3. The minimum atomic E-state index is -0.785. The van der Waals surface area contributed by atoms with Gasteiger partial charge in [-0.05, 0) is 68.6 Å². The molecule has 0 aliphatic carbocycles. The fourth-order valence-corrected chi connectivity index (χ4v) is 5.57. The number of esters is 1. The van der Waals surface area contributed by atoms with Crippen LogP contribution in [-0.2, 0) is 9.53 Å². The SMILES string of the molecule is [C-]#[N+]c1ccc(-c2c(SC(C)(C)C(=O)OC(C)(C)C)ccc3cnsc23)c2ccccc12. The Morgan fingerprint density at radius 3 is 2.44 bits per heavy atom. The van der Waals surface area contributed by atoms with Crippen molar-refractivity contribution in [2.75, 3.05) is 0 Å². The van der Waals surface area contributed by atoms with E-state index >= 15 is 0 Å². The van der Waals surface area contributed by atoms with E-state index in [1.165, 1.54) is 23.3 Å². The third-order valence-electron chi connectivity index (χ3n) is 5.03. The second-order valence-electron chi connectivity index (χ2n) is 9.09. The van der Waals surface area contributed by atoms with E-state index in [0.717, 1.165) is 36.9 Å². The number of ether oxygens (including phenoxy) is 1. The van der Waals surface area contributed by atoms with Gasteiger partial charge >= 0.3 is 5.97 Å². The molecular formula is C26H24N2O2S2. The summed E-state index contributed by atoms with van der Waals surface area (Å²) in [5.41, 5.74) is 2.15. The predicted molar refractivity (Wildman–Crippen MR) is 135 cm³/mol. The standard InChI is InChI=1S/C26H24N2O2S2/c1-25(2,3)30-24(29)26(4,5)31-21-14-11-16-15-28-32-23(16)22(21)19-12-13-20(27-6)18-10-8-7-9-17(18)19/h7-15H,1-5H3. The molecule has 0 saturated heterocycles. The summed E-state index contributed by atoms with van der Waals surface area (Å²) in [6, 6.07) is 16.0. The van der Waals surface area contributed by atoms with Crippen molar-refractivity contribution in [2.45, 2.75) is 49.9 Å². The van der Waals surface area contributed by atoms with Crippen molar-refractivity contribution in [1.82, 2.24) is 4.37 Å². The average Bonchev–Trinajstić information content (AvgIpc) is 3.20. The Bertz CT molecular complexity index is 1370. The molecule has 0 radical (unpaired) electrons. The molecule has 6 heteroatoms. The van der Waals surface area contributed by atoms with Crippen LogP contribution in [0.25, 0.3) is 36.8 Å². The zero-order valence-electron chi connectivity index (χ0n) is 18.7. The maximum Gasteiger partial charge on any atom is 0.322 e. The first-order chi connectivity index (χ1) is 15.1. The number of carbonyl (C=O) groups excluding carboxylic acids is 1. The zero-order valence-corrected chi connectivity index (χ0v) is 20.4. The van der Waals surface area contributed by atoms with Crippen LogP contribution in [0.2, 0.25) is 0 Å². The second-order valence-corrected chi connectivity index (χ2v) is 11.6. The third kappa shape index (κ3) is 4.23. The molecule has 1 heterocycles. The van der Waals surface area contributed by atoms with E-state index in [9.17, 15) is 4.79 Å².